The third kappa shape index (κ3) is 2.58. The number of benzene rings is 2. The second kappa shape index (κ2) is 5.92. The molecule has 24 heavy (non-hydrogen) atoms. The van der Waals surface area contributed by atoms with Crippen molar-refractivity contribution in [3.05, 3.63) is 71.9 Å². The lowest BCUT2D eigenvalue weighted by Gasteiger charge is -2.09. The summed E-state index contributed by atoms with van der Waals surface area (Å²) >= 11 is 0. The van der Waals surface area contributed by atoms with E-state index in [1.54, 1.807) is 12.1 Å². The molecule has 0 aliphatic carbocycles. The van der Waals surface area contributed by atoms with Crippen LogP contribution in [0.2, 0.25) is 0 Å². The maximum atomic E-state index is 13.5. The van der Waals surface area contributed by atoms with Crippen molar-refractivity contribution in [3.8, 4) is 11.6 Å². The van der Waals surface area contributed by atoms with Crippen LogP contribution in [0, 0.1) is 5.82 Å². The fourth-order valence-electron chi connectivity index (χ4n) is 2.88. The Labute approximate surface area is 138 Å². The molecule has 2 aromatic heterocycles. The van der Waals surface area contributed by atoms with E-state index in [0.717, 1.165) is 22.2 Å². The normalized spacial score (nSPS) is 11.2. The number of para-hydroxylation sites is 1. The Morgan fingerprint density at radius 3 is 2.71 bits per heavy atom. The Bertz CT molecular complexity index is 1000. The van der Waals surface area contributed by atoms with E-state index in [1.165, 1.54) is 6.07 Å². The molecule has 0 unspecified atom stereocenters. The van der Waals surface area contributed by atoms with Crippen molar-refractivity contribution in [2.45, 2.75) is 19.9 Å². The van der Waals surface area contributed by atoms with Crippen LogP contribution in [-0.2, 0) is 13.0 Å². The standard InChI is InChI=1S/C19H16FN3O/c1-2-18-21-22-19(24-18)17-11-14-7-3-4-9-16(14)23(17)12-13-6-5-8-15(20)10-13/h3-11H,2,12H2,1H3. The van der Waals surface area contributed by atoms with Gasteiger partial charge in [-0.25, -0.2) is 4.39 Å². The summed E-state index contributed by atoms with van der Waals surface area (Å²) in [6.45, 7) is 2.50. The molecule has 0 atom stereocenters. The van der Waals surface area contributed by atoms with E-state index in [1.807, 2.05) is 43.3 Å². The van der Waals surface area contributed by atoms with Gasteiger partial charge in [0.2, 0.25) is 5.89 Å². The van der Waals surface area contributed by atoms with Crippen LogP contribution >= 0.6 is 0 Å². The van der Waals surface area contributed by atoms with Gasteiger partial charge >= 0.3 is 0 Å². The second-order valence-corrected chi connectivity index (χ2v) is 5.66. The van der Waals surface area contributed by atoms with Gasteiger partial charge in [0.25, 0.3) is 5.89 Å². The summed E-state index contributed by atoms with van der Waals surface area (Å²) < 4.78 is 21.3. The summed E-state index contributed by atoms with van der Waals surface area (Å²) in [5, 5.41) is 9.30. The van der Waals surface area contributed by atoms with E-state index in [9.17, 15) is 4.39 Å². The second-order valence-electron chi connectivity index (χ2n) is 5.66. The van der Waals surface area contributed by atoms with Crippen molar-refractivity contribution in [2.24, 2.45) is 0 Å². The van der Waals surface area contributed by atoms with Crippen LogP contribution in [0.4, 0.5) is 4.39 Å². The van der Waals surface area contributed by atoms with Gasteiger partial charge in [0.05, 0.1) is 0 Å². The first kappa shape index (κ1) is 14.6. The molecule has 0 spiro atoms. The Morgan fingerprint density at radius 1 is 1.04 bits per heavy atom. The average molecular weight is 321 g/mol. The number of hydrogen-bond acceptors (Lipinski definition) is 3. The third-order valence-electron chi connectivity index (χ3n) is 4.03. The monoisotopic (exact) mass is 321 g/mol. The van der Waals surface area contributed by atoms with Crippen molar-refractivity contribution in [1.29, 1.82) is 0 Å². The average Bonchev–Trinajstić information content (AvgIpc) is 3.20. The SMILES string of the molecule is CCc1nnc(-c2cc3ccccc3n2Cc2cccc(F)c2)o1. The lowest BCUT2D eigenvalue weighted by Crippen LogP contribution is -2.02. The van der Waals surface area contributed by atoms with Gasteiger partial charge in [-0.05, 0) is 29.8 Å². The number of aromatic nitrogens is 3. The van der Waals surface area contributed by atoms with Gasteiger partial charge in [-0.1, -0.05) is 37.3 Å². The molecule has 0 saturated heterocycles. The van der Waals surface area contributed by atoms with Crippen molar-refractivity contribution in [1.82, 2.24) is 14.8 Å². The fourth-order valence-corrected chi connectivity index (χ4v) is 2.88. The zero-order valence-corrected chi connectivity index (χ0v) is 13.2. The molecule has 0 amide bonds. The number of hydrogen-bond donors (Lipinski definition) is 0. The summed E-state index contributed by atoms with van der Waals surface area (Å²) in [5.41, 5.74) is 2.77. The van der Waals surface area contributed by atoms with E-state index in [0.29, 0.717) is 24.7 Å². The van der Waals surface area contributed by atoms with Crippen LogP contribution in [0.1, 0.15) is 18.4 Å². The van der Waals surface area contributed by atoms with E-state index >= 15 is 0 Å². The third-order valence-corrected chi connectivity index (χ3v) is 4.03. The number of halogens is 1. The lowest BCUT2D eigenvalue weighted by molar-refractivity contribution is 0.509. The highest BCUT2D eigenvalue weighted by atomic mass is 19.1. The van der Waals surface area contributed by atoms with Crippen molar-refractivity contribution >= 4 is 10.9 Å². The maximum absolute atomic E-state index is 13.5. The number of fused-ring (bicyclic) bond motifs is 1. The summed E-state index contributed by atoms with van der Waals surface area (Å²) in [4.78, 5) is 0. The molecule has 4 nitrogen and oxygen atoms in total. The summed E-state index contributed by atoms with van der Waals surface area (Å²) in [7, 11) is 0. The largest absolute Gasteiger partial charge is 0.419 e. The Morgan fingerprint density at radius 2 is 1.92 bits per heavy atom. The van der Waals surface area contributed by atoms with E-state index in [-0.39, 0.29) is 5.82 Å². The predicted molar refractivity (Wildman–Crippen MR) is 90.1 cm³/mol. The van der Waals surface area contributed by atoms with Crippen LogP contribution in [0.15, 0.2) is 59.0 Å². The molecule has 2 aromatic carbocycles. The van der Waals surface area contributed by atoms with E-state index in [2.05, 4.69) is 14.8 Å². The molecule has 0 aliphatic heterocycles. The van der Waals surface area contributed by atoms with E-state index in [4.69, 9.17) is 4.42 Å². The first-order valence-corrected chi connectivity index (χ1v) is 7.90. The van der Waals surface area contributed by atoms with Gasteiger partial charge in [-0.2, -0.15) is 0 Å². The maximum Gasteiger partial charge on any atom is 0.264 e. The number of rotatable bonds is 4. The topological polar surface area (TPSA) is 43.9 Å². The minimum Gasteiger partial charge on any atom is -0.419 e. The molecule has 0 N–H and O–H groups in total. The summed E-state index contributed by atoms with van der Waals surface area (Å²) in [5.74, 6) is 0.851. The van der Waals surface area contributed by atoms with Gasteiger partial charge in [0, 0.05) is 23.9 Å². The minimum absolute atomic E-state index is 0.239. The Kier molecular flexibility index (Phi) is 3.61. The molecule has 0 fully saturated rings. The highest BCUT2D eigenvalue weighted by Crippen LogP contribution is 2.28. The molecule has 2 heterocycles. The number of aryl methyl sites for hydroxylation is 1. The van der Waals surface area contributed by atoms with Crippen LogP contribution in [0.25, 0.3) is 22.5 Å². The molecule has 4 rings (SSSR count). The quantitative estimate of drug-likeness (QED) is 0.558. The zero-order valence-electron chi connectivity index (χ0n) is 13.2. The van der Waals surface area contributed by atoms with E-state index < -0.39 is 0 Å². The number of nitrogens with zero attached hydrogens (tertiary/aromatic N) is 3. The highest BCUT2D eigenvalue weighted by molar-refractivity contribution is 5.85. The molecule has 0 bridgehead atoms. The van der Waals surface area contributed by atoms with Crippen LogP contribution in [-0.4, -0.2) is 14.8 Å². The Balaban J connectivity index is 1.86. The summed E-state index contributed by atoms with van der Waals surface area (Å²) in [6.07, 6.45) is 0.692. The van der Waals surface area contributed by atoms with Gasteiger partial charge in [-0.15, -0.1) is 10.2 Å². The highest BCUT2D eigenvalue weighted by Gasteiger charge is 2.16. The van der Waals surface area contributed by atoms with Crippen molar-refractivity contribution in [3.63, 3.8) is 0 Å². The molecule has 0 aliphatic rings. The predicted octanol–water partition coefficient (Wildman–Crippen LogP) is 4.44. The molecule has 120 valence electrons. The van der Waals surface area contributed by atoms with Crippen molar-refractivity contribution < 1.29 is 8.81 Å². The smallest absolute Gasteiger partial charge is 0.264 e. The lowest BCUT2D eigenvalue weighted by atomic mass is 10.2. The van der Waals surface area contributed by atoms with Crippen LogP contribution in [0.5, 0.6) is 0 Å². The molecular formula is C19H16FN3O. The molecular weight excluding hydrogens is 305 g/mol. The molecule has 0 saturated carbocycles. The molecule has 4 aromatic rings. The summed E-state index contributed by atoms with van der Waals surface area (Å²) in [6, 6.07) is 16.7. The molecule has 5 heteroatoms. The molecule has 0 radical (unpaired) electrons. The van der Waals surface area contributed by atoms with Crippen LogP contribution in [0.3, 0.4) is 0 Å². The van der Waals surface area contributed by atoms with Gasteiger partial charge in [-0.3, -0.25) is 0 Å². The first-order valence-electron chi connectivity index (χ1n) is 7.90. The van der Waals surface area contributed by atoms with Gasteiger partial charge in [0.15, 0.2) is 0 Å². The van der Waals surface area contributed by atoms with Gasteiger partial charge < -0.3 is 8.98 Å². The Hall–Kier alpha value is -2.95. The van der Waals surface area contributed by atoms with Crippen LogP contribution < -0.4 is 0 Å². The first-order chi connectivity index (χ1) is 11.7. The zero-order chi connectivity index (χ0) is 16.5. The van der Waals surface area contributed by atoms with Crippen molar-refractivity contribution in [2.75, 3.05) is 0 Å². The minimum atomic E-state index is -0.239. The van der Waals surface area contributed by atoms with Gasteiger partial charge in [0.1, 0.15) is 11.5 Å². The fraction of sp³-hybridized carbons (Fsp3) is 0.158.